The van der Waals surface area contributed by atoms with Gasteiger partial charge in [0, 0.05) is 24.0 Å². The van der Waals surface area contributed by atoms with Gasteiger partial charge in [-0.05, 0) is 31.2 Å². The number of hydrogen-bond donors (Lipinski definition) is 0. The molecule has 0 bridgehead atoms. The van der Waals surface area contributed by atoms with E-state index in [1.165, 1.54) is 17.8 Å². The van der Waals surface area contributed by atoms with Gasteiger partial charge in [0.25, 0.3) is 0 Å². The monoisotopic (exact) mass is 429 g/mol. The van der Waals surface area contributed by atoms with E-state index in [9.17, 15) is 13.6 Å². The number of carbonyl (C=O) groups excluding carboxylic acids is 1. The number of rotatable bonds is 6. The number of para-hydroxylation sites is 1. The summed E-state index contributed by atoms with van der Waals surface area (Å²) >= 11 is 1.30. The molecule has 156 valence electrons. The molecule has 1 aliphatic heterocycles. The number of carbonyl (C=O) groups is 1. The lowest BCUT2D eigenvalue weighted by atomic mass is 10.1. The number of ether oxygens (including phenoxy) is 1. The van der Waals surface area contributed by atoms with Crippen molar-refractivity contribution in [1.82, 2.24) is 14.9 Å². The maximum Gasteiger partial charge on any atom is 0.176 e. The van der Waals surface area contributed by atoms with Gasteiger partial charge in [0.05, 0.1) is 30.5 Å². The minimum absolute atomic E-state index is 0.140. The largest absolute Gasteiger partial charge is 0.379 e. The fourth-order valence-electron chi connectivity index (χ4n) is 3.32. The number of nitrogens with zero attached hydrogens (tertiary/aromatic N) is 3. The van der Waals surface area contributed by atoms with Gasteiger partial charge in [-0.1, -0.05) is 30.0 Å². The van der Waals surface area contributed by atoms with Crippen LogP contribution < -0.4 is 0 Å². The summed E-state index contributed by atoms with van der Waals surface area (Å²) in [4.78, 5) is 24.4. The second kappa shape index (κ2) is 9.16. The number of fused-ring (bicyclic) bond motifs is 1. The van der Waals surface area contributed by atoms with E-state index >= 15 is 0 Å². The molecule has 0 spiro atoms. The third-order valence-electron chi connectivity index (χ3n) is 4.95. The highest BCUT2D eigenvalue weighted by molar-refractivity contribution is 8.00. The molecule has 0 amide bonds. The van der Waals surface area contributed by atoms with Crippen molar-refractivity contribution in [1.29, 1.82) is 0 Å². The first-order valence-corrected chi connectivity index (χ1v) is 10.6. The van der Waals surface area contributed by atoms with Crippen LogP contribution in [-0.2, 0) is 11.3 Å². The number of ketones is 1. The Bertz CT molecular complexity index is 1070. The maximum absolute atomic E-state index is 13.5. The van der Waals surface area contributed by atoms with Crippen molar-refractivity contribution in [2.45, 2.75) is 23.7 Å². The van der Waals surface area contributed by atoms with Gasteiger partial charge in [-0.25, -0.2) is 18.7 Å². The Kier molecular flexibility index (Phi) is 6.36. The van der Waals surface area contributed by atoms with Gasteiger partial charge in [-0.3, -0.25) is 9.69 Å². The Morgan fingerprint density at radius 2 is 1.90 bits per heavy atom. The van der Waals surface area contributed by atoms with E-state index < -0.39 is 16.9 Å². The minimum atomic E-state index is -1.03. The molecule has 8 heteroatoms. The van der Waals surface area contributed by atoms with Gasteiger partial charge >= 0.3 is 0 Å². The van der Waals surface area contributed by atoms with Crippen LogP contribution in [-0.4, -0.2) is 52.2 Å². The molecule has 3 aromatic rings. The molecule has 1 unspecified atom stereocenters. The SMILES string of the molecule is CC(Sc1nc(CN2CCOCC2)nc2ccccc12)C(=O)c1ccc(F)c(F)c1. The van der Waals surface area contributed by atoms with Crippen LogP contribution in [0.15, 0.2) is 47.5 Å². The Morgan fingerprint density at radius 3 is 2.67 bits per heavy atom. The van der Waals surface area contributed by atoms with Crippen molar-refractivity contribution in [2.24, 2.45) is 0 Å². The molecule has 1 atom stereocenters. The summed E-state index contributed by atoms with van der Waals surface area (Å²) in [6.45, 7) is 5.37. The highest BCUT2D eigenvalue weighted by Gasteiger charge is 2.21. The first-order valence-electron chi connectivity index (χ1n) is 9.73. The zero-order chi connectivity index (χ0) is 21.1. The van der Waals surface area contributed by atoms with Crippen molar-refractivity contribution >= 4 is 28.4 Å². The number of morpholine rings is 1. The number of hydrogen-bond acceptors (Lipinski definition) is 6. The Morgan fingerprint density at radius 1 is 1.13 bits per heavy atom. The summed E-state index contributed by atoms with van der Waals surface area (Å²) in [6, 6.07) is 10.9. The van der Waals surface area contributed by atoms with Crippen LogP contribution in [0.4, 0.5) is 8.78 Å². The third-order valence-corrected chi connectivity index (χ3v) is 6.05. The standard InChI is InChI=1S/C22H21F2N3O2S/c1-14(21(28)15-6-7-17(23)18(24)12-15)30-22-16-4-2-3-5-19(16)25-20(26-22)13-27-8-10-29-11-9-27/h2-7,12,14H,8-11,13H2,1H3. The summed E-state index contributed by atoms with van der Waals surface area (Å²) in [5.41, 5.74) is 0.950. The number of benzene rings is 2. The van der Waals surface area contributed by atoms with Gasteiger partial charge in [0.2, 0.25) is 0 Å². The second-order valence-electron chi connectivity index (χ2n) is 7.10. The molecule has 1 fully saturated rings. The van der Waals surface area contributed by atoms with Crippen molar-refractivity contribution in [3.05, 3.63) is 65.5 Å². The summed E-state index contributed by atoms with van der Waals surface area (Å²) in [5, 5.41) is 1.04. The second-order valence-corrected chi connectivity index (χ2v) is 8.43. The molecule has 0 N–H and O–H groups in total. The van der Waals surface area contributed by atoms with Gasteiger partial charge in [0.15, 0.2) is 17.4 Å². The fraction of sp³-hybridized carbons (Fsp3) is 0.318. The van der Waals surface area contributed by atoms with E-state index in [-0.39, 0.29) is 11.3 Å². The van der Waals surface area contributed by atoms with E-state index in [1.807, 2.05) is 24.3 Å². The fourth-order valence-corrected chi connectivity index (χ4v) is 4.35. The lowest BCUT2D eigenvalue weighted by molar-refractivity contribution is 0.0330. The van der Waals surface area contributed by atoms with Gasteiger partial charge in [0.1, 0.15) is 10.9 Å². The zero-order valence-electron chi connectivity index (χ0n) is 16.5. The quantitative estimate of drug-likeness (QED) is 0.334. The smallest absolute Gasteiger partial charge is 0.176 e. The highest BCUT2D eigenvalue weighted by Crippen LogP contribution is 2.30. The van der Waals surface area contributed by atoms with E-state index in [0.717, 1.165) is 36.1 Å². The summed E-state index contributed by atoms with van der Waals surface area (Å²) in [5.74, 6) is -1.60. The van der Waals surface area contributed by atoms with E-state index in [2.05, 4.69) is 9.88 Å². The van der Waals surface area contributed by atoms with Crippen LogP contribution in [0, 0.1) is 11.6 Å². The molecule has 0 saturated carbocycles. The number of aromatic nitrogens is 2. The molecule has 5 nitrogen and oxygen atoms in total. The molecule has 1 aliphatic rings. The molecule has 30 heavy (non-hydrogen) atoms. The zero-order valence-corrected chi connectivity index (χ0v) is 17.3. The maximum atomic E-state index is 13.5. The van der Waals surface area contributed by atoms with E-state index in [4.69, 9.17) is 9.72 Å². The first-order chi connectivity index (χ1) is 14.5. The number of thioether (sulfide) groups is 1. The Balaban J connectivity index is 1.60. The lowest BCUT2D eigenvalue weighted by Crippen LogP contribution is -2.36. The van der Waals surface area contributed by atoms with Crippen molar-refractivity contribution in [3.8, 4) is 0 Å². The molecule has 1 saturated heterocycles. The average Bonchev–Trinajstić information content (AvgIpc) is 2.76. The Labute approximate surface area is 177 Å². The van der Waals surface area contributed by atoms with Crippen molar-refractivity contribution < 1.29 is 18.3 Å². The van der Waals surface area contributed by atoms with E-state index in [1.54, 1.807) is 6.92 Å². The molecule has 2 heterocycles. The van der Waals surface area contributed by atoms with Crippen molar-refractivity contribution in [2.75, 3.05) is 26.3 Å². The third kappa shape index (κ3) is 4.66. The predicted molar refractivity (Wildman–Crippen MR) is 112 cm³/mol. The van der Waals surface area contributed by atoms with Gasteiger partial charge in [-0.2, -0.15) is 0 Å². The van der Waals surface area contributed by atoms with Crippen LogP contribution in [0.1, 0.15) is 23.1 Å². The molecule has 0 aliphatic carbocycles. The predicted octanol–water partition coefficient (Wildman–Crippen LogP) is 4.10. The molecular formula is C22H21F2N3O2S. The normalized spacial score (nSPS) is 16.0. The topological polar surface area (TPSA) is 55.3 Å². The van der Waals surface area contributed by atoms with Crippen LogP contribution in [0.2, 0.25) is 0 Å². The number of Topliss-reactive ketones (excluding diaryl/α,β-unsaturated/α-hetero) is 1. The molecule has 0 radical (unpaired) electrons. The van der Waals surface area contributed by atoms with Crippen LogP contribution in [0.3, 0.4) is 0 Å². The molecule has 4 rings (SSSR count). The molecular weight excluding hydrogens is 408 g/mol. The molecule has 2 aromatic carbocycles. The van der Waals surface area contributed by atoms with Crippen LogP contribution in [0.25, 0.3) is 10.9 Å². The van der Waals surface area contributed by atoms with Crippen molar-refractivity contribution in [3.63, 3.8) is 0 Å². The summed E-state index contributed by atoms with van der Waals surface area (Å²) < 4.78 is 32.1. The molecule has 1 aromatic heterocycles. The number of halogens is 2. The van der Waals surface area contributed by atoms with Gasteiger partial charge < -0.3 is 4.74 Å². The van der Waals surface area contributed by atoms with Crippen LogP contribution >= 0.6 is 11.8 Å². The van der Waals surface area contributed by atoms with E-state index in [0.29, 0.717) is 30.6 Å². The minimum Gasteiger partial charge on any atom is -0.379 e. The summed E-state index contributed by atoms with van der Waals surface area (Å²) in [7, 11) is 0. The van der Waals surface area contributed by atoms with Crippen LogP contribution in [0.5, 0.6) is 0 Å². The average molecular weight is 429 g/mol. The summed E-state index contributed by atoms with van der Waals surface area (Å²) in [6.07, 6.45) is 0. The highest BCUT2D eigenvalue weighted by atomic mass is 32.2. The lowest BCUT2D eigenvalue weighted by Gasteiger charge is -2.26. The Hall–Kier alpha value is -2.42. The first kappa shape index (κ1) is 20.8. The van der Waals surface area contributed by atoms with Gasteiger partial charge in [-0.15, -0.1) is 0 Å².